The Morgan fingerprint density at radius 2 is 2.05 bits per heavy atom. The normalized spacial score (nSPS) is 10.3. The van der Waals surface area contributed by atoms with Gasteiger partial charge < -0.3 is 10.5 Å². The SMILES string of the molecule is NCc1cccc(OCc2ccc(Br)cc2[N+](=O)[O-])c1. The topological polar surface area (TPSA) is 78.4 Å². The molecule has 2 rings (SSSR count). The molecule has 0 aromatic heterocycles. The van der Waals surface area contributed by atoms with Gasteiger partial charge in [-0.25, -0.2) is 0 Å². The number of benzene rings is 2. The third kappa shape index (κ3) is 3.55. The van der Waals surface area contributed by atoms with Crippen LogP contribution in [0, 0.1) is 10.1 Å². The van der Waals surface area contributed by atoms with E-state index in [4.69, 9.17) is 10.5 Å². The number of hydrogen-bond donors (Lipinski definition) is 1. The Hall–Kier alpha value is -1.92. The minimum absolute atomic E-state index is 0.0364. The summed E-state index contributed by atoms with van der Waals surface area (Å²) in [4.78, 5) is 10.6. The second kappa shape index (κ2) is 6.49. The van der Waals surface area contributed by atoms with Crippen LogP contribution in [0.25, 0.3) is 0 Å². The molecule has 20 heavy (non-hydrogen) atoms. The van der Waals surface area contributed by atoms with Gasteiger partial charge in [0.25, 0.3) is 5.69 Å². The van der Waals surface area contributed by atoms with E-state index in [2.05, 4.69) is 15.9 Å². The third-order valence-corrected chi connectivity index (χ3v) is 3.27. The van der Waals surface area contributed by atoms with Gasteiger partial charge >= 0.3 is 0 Å². The summed E-state index contributed by atoms with van der Waals surface area (Å²) >= 11 is 3.22. The minimum atomic E-state index is -0.417. The van der Waals surface area contributed by atoms with Crippen molar-refractivity contribution in [2.45, 2.75) is 13.2 Å². The van der Waals surface area contributed by atoms with Gasteiger partial charge in [-0.3, -0.25) is 10.1 Å². The molecule has 0 atom stereocenters. The van der Waals surface area contributed by atoms with Crippen LogP contribution < -0.4 is 10.5 Å². The van der Waals surface area contributed by atoms with Gasteiger partial charge in [-0.05, 0) is 29.8 Å². The van der Waals surface area contributed by atoms with Gasteiger partial charge in [0.05, 0.1) is 10.5 Å². The van der Waals surface area contributed by atoms with E-state index in [9.17, 15) is 10.1 Å². The molecule has 6 heteroatoms. The molecule has 0 unspecified atom stereocenters. The van der Waals surface area contributed by atoms with Crippen molar-refractivity contribution in [2.24, 2.45) is 5.73 Å². The average molecular weight is 337 g/mol. The highest BCUT2D eigenvalue weighted by atomic mass is 79.9. The van der Waals surface area contributed by atoms with Crippen molar-refractivity contribution in [3.8, 4) is 5.75 Å². The maximum atomic E-state index is 11.0. The molecule has 0 aliphatic carbocycles. The molecule has 0 heterocycles. The predicted octanol–water partition coefficient (Wildman–Crippen LogP) is 3.40. The van der Waals surface area contributed by atoms with Crippen LogP contribution in [-0.4, -0.2) is 4.92 Å². The predicted molar refractivity (Wildman–Crippen MR) is 79.5 cm³/mol. The van der Waals surface area contributed by atoms with Gasteiger partial charge in [0.1, 0.15) is 12.4 Å². The van der Waals surface area contributed by atoms with Crippen molar-refractivity contribution in [2.75, 3.05) is 0 Å². The van der Waals surface area contributed by atoms with Crippen molar-refractivity contribution in [3.63, 3.8) is 0 Å². The Kier molecular flexibility index (Phi) is 4.70. The first-order valence-corrected chi connectivity index (χ1v) is 6.74. The molecule has 5 nitrogen and oxygen atoms in total. The second-order valence-corrected chi connectivity index (χ2v) is 5.09. The second-order valence-electron chi connectivity index (χ2n) is 4.17. The Morgan fingerprint density at radius 1 is 1.25 bits per heavy atom. The van der Waals surface area contributed by atoms with Crippen molar-refractivity contribution < 1.29 is 9.66 Å². The number of halogens is 1. The highest BCUT2D eigenvalue weighted by Gasteiger charge is 2.14. The molecule has 0 aliphatic heterocycles. The molecule has 0 radical (unpaired) electrons. The summed E-state index contributed by atoms with van der Waals surface area (Å²) in [5, 5.41) is 11.0. The first-order chi connectivity index (χ1) is 9.60. The van der Waals surface area contributed by atoms with Crippen LogP contribution >= 0.6 is 15.9 Å². The number of nitrogens with zero attached hydrogens (tertiary/aromatic N) is 1. The van der Waals surface area contributed by atoms with Crippen molar-refractivity contribution in [1.82, 2.24) is 0 Å². The fourth-order valence-corrected chi connectivity index (χ4v) is 2.10. The molecule has 0 bridgehead atoms. The Balaban J connectivity index is 2.16. The van der Waals surface area contributed by atoms with E-state index in [1.807, 2.05) is 18.2 Å². The molecule has 2 N–H and O–H groups in total. The highest BCUT2D eigenvalue weighted by Crippen LogP contribution is 2.25. The maximum Gasteiger partial charge on any atom is 0.277 e. The largest absolute Gasteiger partial charge is 0.489 e. The lowest BCUT2D eigenvalue weighted by Gasteiger charge is -2.08. The van der Waals surface area contributed by atoms with Crippen LogP contribution in [0.15, 0.2) is 46.9 Å². The summed E-state index contributed by atoms with van der Waals surface area (Å²) in [7, 11) is 0. The monoisotopic (exact) mass is 336 g/mol. The molecule has 0 amide bonds. The summed E-state index contributed by atoms with van der Waals surface area (Å²) in [6, 6.07) is 12.3. The van der Waals surface area contributed by atoms with E-state index in [1.165, 1.54) is 6.07 Å². The summed E-state index contributed by atoms with van der Waals surface area (Å²) in [5.74, 6) is 0.644. The molecule has 0 fully saturated rings. The molecular weight excluding hydrogens is 324 g/mol. The van der Waals surface area contributed by atoms with Crippen LogP contribution in [0.5, 0.6) is 5.75 Å². The summed E-state index contributed by atoms with van der Waals surface area (Å²) in [6.45, 7) is 0.563. The lowest BCUT2D eigenvalue weighted by molar-refractivity contribution is -0.385. The average Bonchev–Trinajstić information content (AvgIpc) is 2.46. The molecule has 0 spiro atoms. The quantitative estimate of drug-likeness (QED) is 0.670. The van der Waals surface area contributed by atoms with Crippen molar-refractivity contribution in [3.05, 3.63) is 68.2 Å². The number of nitrogens with two attached hydrogens (primary N) is 1. The first kappa shape index (κ1) is 14.5. The lowest BCUT2D eigenvalue weighted by atomic mass is 10.2. The molecule has 2 aromatic rings. The van der Waals surface area contributed by atoms with Crippen LogP contribution in [0.3, 0.4) is 0 Å². The Labute approximate surface area is 124 Å². The zero-order valence-corrected chi connectivity index (χ0v) is 12.2. The third-order valence-electron chi connectivity index (χ3n) is 2.77. The summed E-state index contributed by atoms with van der Waals surface area (Å²) in [6.07, 6.45) is 0. The Bertz CT molecular complexity index is 632. The van der Waals surface area contributed by atoms with Crippen molar-refractivity contribution >= 4 is 21.6 Å². The Morgan fingerprint density at radius 3 is 2.75 bits per heavy atom. The lowest BCUT2D eigenvalue weighted by Crippen LogP contribution is -2.01. The maximum absolute atomic E-state index is 11.0. The summed E-state index contributed by atoms with van der Waals surface area (Å²) < 4.78 is 6.25. The molecule has 104 valence electrons. The van der Waals surface area contributed by atoms with Crippen LogP contribution in [0.4, 0.5) is 5.69 Å². The molecule has 0 aliphatic rings. The zero-order valence-electron chi connectivity index (χ0n) is 10.6. The van der Waals surface area contributed by atoms with E-state index in [1.54, 1.807) is 18.2 Å². The van der Waals surface area contributed by atoms with Gasteiger partial charge in [0.2, 0.25) is 0 Å². The molecule has 0 saturated heterocycles. The van der Waals surface area contributed by atoms with Gasteiger partial charge in [0.15, 0.2) is 0 Å². The summed E-state index contributed by atoms with van der Waals surface area (Å²) in [5.41, 5.74) is 7.07. The highest BCUT2D eigenvalue weighted by molar-refractivity contribution is 9.10. The number of rotatable bonds is 5. The van der Waals surface area contributed by atoms with Crippen LogP contribution in [0.2, 0.25) is 0 Å². The first-order valence-electron chi connectivity index (χ1n) is 5.95. The van der Waals surface area contributed by atoms with Gasteiger partial charge in [-0.1, -0.05) is 28.1 Å². The molecule has 2 aromatic carbocycles. The fraction of sp³-hybridized carbons (Fsp3) is 0.143. The molecular formula is C14H13BrN2O3. The smallest absolute Gasteiger partial charge is 0.277 e. The van der Waals surface area contributed by atoms with Gasteiger partial charge in [-0.2, -0.15) is 0 Å². The zero-order chi connectivity index (χ0) is 14.5. The van der Waals surface area contributed by atoms with E-state index in [0.717, 1.165) is 5.56 Å². The standard InChI is InChI=1S/C14H13BrN2O3/c15-12-5-4-11(14(7-12)17(18)19)9-20-13-3-1-2-10(6-13)8-16/h1-7H,8-9,16H2. The fourth-order valence-electron chi connectivity index (χ4n) is 1.75. The molecule has 0 saturated carbocycles. The van der Waals surface area contributed by atoms with E-state index in [-0.39, 0.29) is 12.3 Å². The van der Waals surface area contributed by atoms with Gasteiger partial charge in [0, 0.05) is 17.1 Å². The van der Waals surface area contributed by atoms with Gasteiger partial charge in [-0.15, -0.1) is 0 Å². The number of hydrogen-bond acceptors (Lipinski definition) is 4. The van der Waals surface area contributed by atoms with E-state index in [0.29, 0.717) is 22.3 Å². The minimum Gasteiger partial charge on any atom is -0.489 e. The number of nitro benzene ring substituents is 1. The number of ether oxygens (including phenoxy) is 1. The van der Waals surface area contributed by atoms with Crippen molar-refractivity contribution in [1.29, 1.82) is 0 Å². The van der Waals surface area contributed by atoms with E-state index >= 15 is 0 Å². The number of nitro groups is 1. The van der Waals surface area contributed by atoms with E-state index < -0.39 is 4.92 Å². The van der Waals surface area contributed by atoms with Crippen LogP contribution in [-0.2, 0) is 13.2 Å². The van der Waals surface area contributed by atoms with Crippen LogP contribution in [0.1, 0.15) is 11.1 Å².